The molecule has 2 aliphatic rings. The number of carbonyl (C=O) groups is 1. The van der Waals surface area contributed by atoms with Crippen molar-refractivity contribution in [1.29, 1.82) is 0 Å². The predicted molar refractivity (Wildman–Crippen MR) is 148 cm³/mol. The van der Waals surface area contributed by atoms with Gasteiger partial charge in [0.05, 0.1) is 18.8 Å². The summed E-state index contributed by atoms with van der Waals surface area (Å²) in [6.07, 6.45) is 3.45. The van der Waals surface area contributed by atoms with Crippen molar-refractivity contribution in [1.82, 2.24) is 24.8 Å². The zero-order chi connectivity index (χ0) is 26.9. The van der Waals surface area contributed by atoms with Crippen molar-refractivity contribution in [2.75, 3.05) is 30.8 Å². The molecule has 2 aliphatic heterocycles. The van der Waals surface area contributed by atoms with Crippen molar-refractivity contribution in [3.8, 4) is 0 Å². The third-order valence-electron chi connectivity index (χ3n) is 7.50. The van der Waals surface area contributed by atoms with Crippen LogP contribution in [-0.4, -0.2) is 63.5 Å². The standard InChI is InChI=1S/C29H30F2N6OS/c1-39-24-12-20(11-21(30)13-24)25-14-22(31)17-36(25)28-8-7-27-32-15-26(37(27)34-28)29(38)33-23-9-10-35(18-23)16-19-5-3-2-4-6-19/h2-8,11-13,15,22-23,25H,9-10,14,16-18H2,1H3,(H,33,38)/t22-,23-,25+/m0/s1. The Hall–Kier alpha value is -3.50. The van der Waals surface area contributed by atoms with E-state index in [1.807, 2.05) is 35.4 Å². The summed E-state index contributed by atoms with van der Waals surface area (Å²) in [5.41, 5.74) is 2.83. The number of benzene rings is 2. The molecule has 7 nitrogen and oxygen atoms in total. The number of thioether (sulfide) groups is 1. The molecule has 0 bridgehead atoms. The molecule has 4 heterocycles. The molecule has 0 unspecified atom stereocenters. The van der Waals surface area contributed by atoms with Gasteiger partial charge in [-0.25, -0.2) is 18.3 Å². The van der Waals surface area contributed by atoms with E-state index < -0.39 is 6.17 Å². The number of hydrogen-bond acceptors (Lipinski definition) is 6. The molecule has 0 saturated carbocycles. The van der Waals surface area contributed by atoms with Gasteiger partial charge in [-0.05, 0) is 54.1 Å². The lowest BCUT2D eigenvalue weighted by atomic mass is 10.0. The Labute approximate surface area is 230 Å². The fourth-order valence-electron chi connectivity index (χ4n) is 5.62. The van der Waals surface area contributed by atoms with E-state index in [4.69, 9.17) is 5.10 Å². The average molecular weight is 549 g/mol. The number of likely N-dealkylation sites (tertiary alicyclic amines) is 1. The van der Waals surface area contributed by atoms with Crippen LogP contribution < -0.4 is 10.2 Å². The second-order valence-electron chi connectivity index (χ2n) is 10.2. The van der Waals surface area contributed by atoms with Gasteiger partial charge >= 0.3 is 0 Å². The summed E-state index contributed by atoms with van der Waals surface area (Å²) in [6, 6.07) is 18.4. The molecule has 39 heavy (non-hydrogen) atoms. The first-order valence-corrected chi connectivity index (χ1v) is 14.4. The number of hydrogen-bond donors (Lipinski definition) is 1. The minimum Gasteiger partial charge on any atom is -0.347 e. The van der Waals surface area contributed by atoms with E-state index in [2.05, 4.69) is 27.3 Å². The van der Waals surface area contributed by atoms with Gasteiger partial charge in [-0.2, -0.15) is 0 Å². The van der Waals surface area contributed by atoms with E-state index >= 15 is 0 Å². The highest BCUT2D eigenvalue weighted by Gasteiger charge is 2.35. The lowest BCUT2D eigenvalue weighted by molar-refractivity contribution is 0.0930. The Morgan fingerprint density at radius 1 is 1.13 bits per heavy atom. The Morgan fingerprint density at radius 3 is 2.79 bits per heavy atom. The van der Waals surface area contributed by atoms with Gasteiger partial charge in [-0.15, -0.1) is 16.9 Å². The zero-order valence-corrected chi connectivity index (χ0v) is 22.5. The van der Waals surface area contributed by atoms with Crippen LogP contribution in [0.15, 0.2) is 71.8 Å². The summed E-state index contributed by atoms with van der Waals surface area (Å²) in [7, 11) is 0. The largest absolute Gasteiger partial charge is 0.347 e. The molecule has 0 aliphatic carbocycles. The number of amides is 1. The minimum absolute atomic E-state index is 0.0313. The number of halogens is 2. The summed E-state index contributed by atoms with van der Waals surface area (Å²) in [5, 5.41) is 7.84. The normalized spacial score (nSPS) is 21.6. The van der Waals surface area contributed by atoms with Crippen LogP contribution in [0.1, 0.15) is 40.5 Å². The number of carbonyl (C=O) groups excluding carboxylic acids is 1. The summed E-state index contributed by atoms with van der Waals surface area (Å²) >= 11 is 1.45. The number of nitrogens with one attached hydrogen (secondary N) is 1. The molecule has 3 atom stereocenters. The monoisotopic (exact) mass is 548 g/mol. The maximum absolute atomic E-state index is 14.7. The van der Waals surface area contributed by atoms with Gasteiger partial charge < -0.3 is 10.2 Å². The van der Waals surface area contributed by atoms with Crippen molar-refractivity contribution >= 4 is 29.1 Å². The highest BCUT2D eigenvalue weighted by Crippen LogP contribution is 2.38. The molecular weight excluding hydrogens is 518 g/mol. The number of anilines is 1. The van der Waals surface area contributed by atoms with E-state index in [0.29, 0.717) is 22.7 Å². The molecule has 0 radical (unpaired) electrons. The topological polar surface area (TPSA) is 65.8 Å². The molecule has 2 aromatic heterocycles. The molecule has 6 rings (SSSR count). The zero-order valence-electron chi connectivity index (χ0n) is 21.6. The summed E-state index contributed by atoms with van der Waals surface area (Å²) < 4.78 is 30.5. The maximum Gasteiger partial charge on any atom is 0.271 e. The van der Waals surface area contributed by atoms with Gasteiger partial charge in [0.1, 0.15) is 17.8 Å². The van der Waals surface area contributed by atoms with Crippen LogP contribution in [0.3, 0.4) is 0 Å². The van der Waals surface area contributed by atoms with E-state index in [0.717, 1.165) is 31.0 Å². The molecule has 1 N–H and O–H groups in total. The van der Waals surface area contributed by atoms with Crippen LogP contribution in [0.5, 0.6) is 0 Å². The summed E-state index contributed by atoms with van der Waals surface area (Å²) in [5.74, 6) is -0.0651. The van der Waals surface area contributed by atoms with Crippen LogP contribution in [0.2, 0.25) is 0 Å². The molecule has 0 spiro atoms. The lowest BCUT2D eigenvalue weighted by Crippen LogP contribution is -2.37. The highest BCUT2D eigenvalue weighted by molar-refractivity contribution is 7.98. The van der Waals surface area contributed by atoms with Gasteiger partial charge in [-0.1, -0.05) is 30.3 Å². The lowest BCUT2D eigenvalue weighted by Gasteiger charge is -2.26. The summed E-state index contributed by atoms with van der Waals surface area (Å²) in [4.78, 5) is 22.6. The van der Waals surface area contributed by atoms with Gasteiger partial charge in [0, 0.05) is 37.0 Å². The maximum atomic E-state index is 14.7. The Morgan fingerprint density at radius 2 is 1.97 bits per heavy atom. The minimum atomic E-state index is -1.07. The molecule has 1 amide bonds. The van der Waals surface area contributed by atoms with Crippen LogP contribution in [-0.2, 0) is 6.54 Å². The molecular formula is C29H30F2N6OS. The first-order chi connectivity index (χ1) is 19.0. The predicted octanol–water partition coefficient (Wildman–Crippen LogP) is 4.88. The van der Waals surface area contributed by atoms with Gasteiger partial charge in [-0.3, -0.25) is 9.69 Å². The summed E-state index contributed by atoms with van der Waals surface area (Å²) in [6.45, 7) is 2.68. The second-order valence-corrected chi connectivity index (χ2v) is 11.1. The number of alkyl halides is 1. The first-order valence-electron chi connectivity index (χ1n) is 13.1. The molecule has 4 aromatic rings. The van der Waals surface area contributed by atoms with Crippen LogP contribution in [0.4, 0.5) is 14.6 Å². The molecule has 202 valence electrons. The van der Waals surface area contributed by atoms with Crippen LogP contribution in [0.25, 0.3) is 5.65 Å². The molecule has 2 saturated heterocycles. The number of nitrogens with zero attached hydrogens (tertiary/aromatic N) is 5. The molecule has 2 fully saturated rings. The quantitative estimate of drug-likeness (QED) is 0.332. The van der Waals surface area contributed by atoms with E-state index in [1.165, 1.54) is 40.2 Å². The van der Waals surface area contributed by atoms with E-state index in [1.54, 1.807) is 12.1 Å². The smallest absolute Gasteiger partial charge is 0.271 e. The van der Waals surface area contributed by atoms with Gasteiger partial charge in [0.2, 0.25) is 0 Å². The van der Waals surface area contributed by atoms with Crippen molar-refractivity contribution in [2.24, 2.45) is 0 Å². The van der Waals surface area contributed by atoms with Crippen molar-refractivity contribution in [3.63, 3.8) is 0 Å². The number of rotatable bonds is 7. The first kappa shape index (κ1) is 25.8. The van der Waals surface area contributed by atoms with Crippen molar-refractivity contribution in [2.45, 2.75) is 42.5 Å². The molecule has 2 aromatic carbocycles. The SMILES string of the molecule is CSc1cc(F)cc([C@H]2C[C@H](F)CN2c2ccc3ncc(C(=O)N[C@H]4CCN(Cc5ccccc5)C4)n3n2)c1. The van der Waals surface area contributed by atoms with Crippen LogP contribution in [0, 0.1) is 5.82 Å². The van der Waals surface area contributed by atoms with E-state index in [9.17, 15) is 13.6 Å². The Balaban J connectivity index is 1.20. The fraction of sp³-hybridized carbons (Fsp3) is 0.345. The third-order valence-corrected chi connectivity index (χ3v) is 8.20. The molecule has 10 heteroatoms. The number of fused-ring (bicyclic) bond motifs is 1. The number of imidazole rings is 1. The Bertz CT molecular complexity index is 1480. The second kappa shape index (κ2) is 10.9. The van der Waals surface area contributed by atoms with Gasteiger partial charge in [0.15, 0.2) is 11.3 Å². The van der Waals surface area contributed by atoms with Crippen molar-refractivity contribution < 1.29 is 13.6 Å². The fourth-order valence-corrected chi connectivity index (χ4v) is 6.10. The van der Waals surface area contributed by atoms with Crippen LogP contribution >= 0.6 is 11.8 Å². The van der Waals surface area contributed by atoms with Crippen molar-refractivity contribution in [3.05, 3.63) is 89.5 Å². The Kier molecular flexibility index (Phi) is 7.22. The average Bonchev–Trinajstić information content (AvgIpc) is 3.67. The number of aromatic nitrogens is 3. The highest BCUT2D eigenvalue weighted by atomic mass is 32.2. The third kappa shape index (κ3) is 5.49. The van der Waals surface area contributed by atoms with E-state index in [-0.39, 0.29) is 36.8 Å². The van der Waals surface area contributed by atoms with Gasteiger partial charge in [0.25, 0.3) is 5.91 Å².